The van der Waals surface area contributed by atoms with Crippen LogP contribution in [0.1, 0.15) is 18.9 Å². The predicted molar refractivity (Wildman–Crippen MR) is 103 cm³/mol. The van der Waals surface area contributed by atoms with Crippen LogP contribution < -0.4 is 9.46 Å². The summed E-state index contributed by atoms with van der Waals surface area (Å²) in [6, 6.07) is 12.1. The Bertz CT molecular complexity index is 1100. The molecule has 1 N–H and O–H groups in total. The second-order valence-electron chi connectivity index (χ2n) is 6.16. The summed E-state index contributed by atoms with van der Waals surface area (Å²) in [6.45, 7) is 0. The van der Waals surface area contributed by atoms with Crippen molar-refractivity contribution in [1.29, 1.82) is 0 Å². The summed E-state index contributed by atoms with van der Waals surface area (Å²) < 4.78 is 35.9. The normalized spacial score (nSPS) is 14.1. The van der Waals surface area contributed by atoms with Crippen LogP contribution in [0.2, 0.25) is 0 Å². The summed E-state index contributed by atoms with van der Waals surface area (Å²) >= 11 is 3.30. The van der Waals surface area contributed by atoms with Crippen molar-refractivity contribution in [2.75, 3.05) is 11.8 Å². The molecule has 10 heteroatoms. The summed E-state index contributed by atoms with van der Waals surface area (Å²) in [5.41, 5.74) is 1.16. The third-order valence-corrected chi connectivity index (χ3v) is 6.07. The molecule has 1 aromatic heterocycles. The minimum absolute atomic E-state index is 0.0487. The first-order chi connectivity index (χ1) is 13.0. The van der Waals surface area contributed by atoms with E-state index >= 15 is 0 Å². The average molecular weight is 450 g/mol. The lowest BCUT2D eigenvalue weighted by molar-refractivity contribution is 0.403. The van der Waals surface area contributed by atoms with Crippen LogP contribution in [0.4, 0.5) is 5.69 Å². The molecule has 27 heavy (non-hydrogen) atoms. The number of tetrazole rings is 1. The number of ether oxygens (including phenoxy) is 1. The lowest BCUT2D eigenvalue weighted by Crippen LogP contribution is -2.14. The van der Waals surface area contributed by atoms with Gasteiger partial charge in [0.25, 0.3) is 10.0 Å². The number of methoxy groups -OCH3 is 1. The molecule has 0 unspecified atom stereocenters. The molecule has 0 aliphatic heterocycles. The highest BCUT2D eigenvalue weighted by atomic mass is 79.9. The molecule has 1 saturated carbocycles. The van der Waals surface area contributed by atoms with Gasteiger partial charge in [0.1, 0.15) is 10.6 Å². The van der Waals surface area contributed by atoms with Crippen molar-refractivity contribution in [3.05, 3.63) is 46.9 Å². The predicted octanol–water partition coefficient (Wildman–Crippen LogP) is 3.25. The van der Waals surface area contributed by atoms with Gasteiger partial charge in [-0.2, -0.15) is 0 Å². The first-order valence-electron chi connectivity index (χ1n) is 8.22. The molecular formula is C17H16BrN5O3S. The smallest absolute Gasteiger partial charge is 0.265 e. The topological polar surface area (TPSA) is 99.0 Å². The van der Waals surface area contributed by atoms with Crippen LogP contribution in [0.15, 0.2) is 51.8 Å². The van der Waals surface area contributed by atoms with E-state index in [0.29, 0.717) is 22.0 Å². The summed E-state index contributed by atoms with van der Waals surface area (Å²) in [5, 5.41) is 11.9. The fraction of sp³-hybridized carbons (Fsp3) is 0.235. The van der Waals surface area contributed by atoms with Crippen LogP contribution in [-0.4, -0.2) is 35.7 Å². The van der Waals surface area contributed by atoms with E-state index in [1.165, 1.54) is 13.2 Å². The number of rotatable bonds is 6. The molecule has 0 radical (unpaired) electrons. The Hall–Kier alpha value is -2.46. The van der Waals surface area contributed by atoms with Crippen molar-refractivity contribution in [2.45, 2.75) is 23.8 Å². The van der Waals surface area contributed by atoms with E-state index in [4.69, 9.17) is 4.74 Å². The maximum Gasteiger partial charge on any atom is 0.265 e. The molecule has 3 aromatic rings. The Morgan fingerprint density at radius 2 is 2.04 bits per heavy atom. The Morgan fingerprint density at radius 1 is 1.22 bits per heavy atom. The number of sulfonamides is 1. The van der Waals surface area contributed by atoms with E-state index in [1.807, 2.05) is 6.07 Å². The molecule has 2 aromatic carbocycles. The molecular weight excluding hydrogens is 434 g/mol. The van der Waals surface area contributed by atoms with Crippen molar-refractivity contribution < 1.29 is 13.2 Å². The van der Waals surface area contributed by atoms with Gasteiger partial charge in [0.2, 0.25) is 0 Å². The number of hydrogen-bond acceptors (Lipinski definition) is 6. The number of benzene rings is 2. The molecule has 140 valence electrons. The molecule has 1 aliphatic carbocycles. The van der Waals surface area contributed by atoms with Crippen LogP contribution in [0.3, 0.4) is 0 Å². The minimum atomic E-state index is -3.84. The van der Waals surface area contributed by atoms with Gasteiger partial charge in [0.05, 0.1) is 13.2 Å². The quantitative estimate of drug-likeness (QED) is 0.619. The lowest BCUT2D eigenvalue weighted by atomic mass is 10.2. The van der Waals surface area contributed by atoms with E-state index < -0.39 is 10.0 Å². The number of anilines is 1. The molecule has 0 bridgehead atoms. The second kappa shape index (κ2) is 6.93. The van der Waals surface area contributed by atoms with Crippen LogP contribution >= 0.6 is 15.9 Å². The fourth-order valence-corrected chi connectivity index (χ4v) is 4.50. The lowest BCUT2D eigenvalue weighted by Gasteiger charge is -2.12. The minimum Gasteiger partial charge on any atom is -0.495 e. The van der Waals surface area contributed by atoms with Gasteiger partial charge >= 0.3 is 0 Å². The van der Waals surface area contributed by atoms with Crippen molar-refractivity contribution in [3.8, 4) is 17.1 Å². The first-order valence-corrected chi connectivity index (χ1v) is 10.5. The van der Waals surface area contributed by atoms with E-state index in [9.17, 15) is 8.42 Å². The molecule has 1 heterocycles. The van der Waals surface area contributed by atoms with Gasteiger partial charge in [-0.1, -0.05) is 28.1 Å². The molecule has 0 atom stereocenters. The molecule has 1 fully saturated rings. The molecule has 0 amide bonds. The highest BCUT2D eigenvalue weighted by molar-refractivity contribution is 9.10. The SMILES string of the molecule is COc1ccc(Br)cc1S(=O)(=O)Nc1cccc(-c2nnnn2C2CC2)c1. The molecule has 0 spiro atoms. The van der Waals surface area contributed by atoms with E-state index in [0.717, 1.165) is 18.4 Å². The number of nitrogens with one attached hydrogen (secondary N) is 1. The Labute approximate surface area is 164 Å². The third-order valence-electron chi connectivity index (χ3n) is 4.17. The van der Waals surface area contributed by atoms with Gasteiger partial charge in [-0.15, -0.1) is 5.10 Å². The zero-order chi connectivity index (χ0) is 19.0. The van der Waals surface area contributed by atoms with Crippen LogP contribution in [0.25, 0.3) is 11.4 Å². The van der Waals surface area contributed by atoms with Crippen molar-refractivity contribution >= 4 is 31.6 Å². The Balaban J connectivity index is 1.67. The zero-order valence-electron chi connectivity index (χ0n) is 14.3. The van der Waals surface area contributed by atoms with Gasteiger partial charge in [0, 0.05) is 15.7 Å². The van der Waals surface area contributed by atoms with Crippen molar-refractivity contribution in [2.24, 2.45) is 0 Å². The summed E-state index contributed by atoms with van der Waals surface area (Å²) in [4.78, 5) is 0.0487. The highest BCUT2D eigenvalue weighted by Crippen LogP contribution is 2.37. The number of hydrogen-bond donors (Lipinski definition) is 1. The molecule has 0 saturated heterocycles. The second-order valence-corrected chi connectivity index (χ2v) is 8.73. The third kappa shape index (κ3) is 3.67. The number of aromatic nitrogens is 4. The summed E-state index contributed by atoms with van der Waals surface area (Å²) in [6.07, 6.45) is 2.10. The van der Waals surface area contributed by atoms with E-state index in [1.54, 1.807) is 35.0 Å². The van der Waals surface area contributed by atoms with Crippen molar-refractivity contribution in [3.63, 3.8) is 0 Å². The molecule has 8 nitrogen and oxygen atoms in total. The summed E-state index contributed by atoms with van der Waals surface area (Å²) in [7, 11) is -2.41. The largest absolute Gasteiger partial charge is 0.495 e. The van der Waals surface area contributed by atoms with Gasteiger partial charge in [-0.25, -0.2) is 13.1 Å². The Kier molecular flexibility index (Phi) is 4.60. The van der Waals surface area contributed by atoms with Crippen LogP contribution in [0.5, 0.6) is 5.75 Å². The highest BCUT2D eigenvalue weighted by Gasteiger charge is 2.28. The van der Waals surface area contributed by atoms with Gasteiger partial charge in [-0.3, -0.25) is 4.72 Å². The first kappa shape index (κ1) is 17.9. The van der Waals surface area contributed by atoms with E-state index in [-0.39, 0.29) is 10.6 Å². The maximum atomic E-state index is 12.9. The van der Waals surface area contributed by atoms with E-state index in [2.05, 4.69) is 36.2 Å². The Morgan fingerprint density at radius 3 is 2.78 bits per heavy atom. The molecule has 1 aliphatic rings. The van der Waals surface area contributed by atoms with Gasteiger partial charge < -0.3 is 4.74 Å². The van der Waals surface area contributed by atoms with Gasteiger partial charge in [-0.05, 0) is 53.6 Å². The van der Waals surface area contributed by atoms with Crippen LogP contribution in [-0.2, 0) is 10.0 Å². The summed E-state index contributed by atoms with van der Waals surface area (Å²) in [5.74, 6) is 0.887. The fourth-order valence-electron chi connectivity index (χ4n) is 2.74. The maximum absolute atomic E-state index is 12.9. The zero-order valence-corrected chi connectivity index (χ0v) is 16.7. The average Bonchev–Trinajstić information content (AvgIpc) is 3.38. The van der Waals surface area contributed by atoms with Crippen LogP contribution in [0, 0.1) is 0 Å². The number of nitrogens with zero attached hydrogens (tertiary/aromatic N) is 4. The monoisotopic (exact) mass is 449 g/mol. The van der Waals surface area contributed by atoms with Gasteiger partial charge in [0.15, 0.2) is 5.82 Å². The van der Waals surface area contributed by atoms with Crippen molar-refractivity contribution in [1.82, 2.24) is 20.2 Å². The standard InChI is InChI=1S/C17H16BrN5O3S/c1-26-15-8-5-12(18)10-16(15)27(24,25)20-13-4-2-3-11(9-13)17-19-21-22-23(17)14-6-7-14/h2-5,8-10,14,20H,6-7H2,1H3. The molecule has 4 rings (SSSR count). The number of halogens is 1.